The second-order valence-corrected chi connectivity index (χ2v) is 11.8. The van der Waals surface area contributed by atoms with Crippen molar-refractivity contribution in [2.24, 2.45) is 7.05 Å². The molecule has 3 aliphatic rings. The summed E-state index contributed by atoms with van der Waals surface area (Å²) in [5.74, 6) is 0.708. The number of rotatable bonds is 2. The maximum atomic E-state index is 13.4. The van der Waals surface area contributed by atoms with Gasteiger partial charge < -0.3 is 15.0 Å². The number of urea groups is 1. The van der Waals surface area contributed by atoms with Crippen LogP contribution in [0.25, 0.3) is 10.9 Å². The van der Waals surface area contributed by atoms with E-state index in [0.717, 1.165) is 59.2 Å². The van der Waals surface area contributed by atoms with E-state index in [4.69, 9.17) is 4.74 Å². The normalized spacial score (nSPS) is 18.2. The first-order chi connectivity index (χ1) is 18.0. The van der Waals surface area contributed by atoms with Crippen molar-refractivity contribution in [1.29, 1.82) is 0 Å². The molecule has 3 amide bonds. The Bertz CT molecular complexity index is 1440. The molecule has 2 aliphatic heterocycles. The second kappa shape index (κ2) is 8.61. The molecule has 6 rings (SSSR count). The molecule has 1 aromatic carbocycles. The third-order valence-electron chi connectivity index (χ3n) is 7.73. The minimum absolute atomic E-state index is 0.172. The highest BCUT2D eigenvalue weighted by atomic mass is 16.6. The largest absolute Gasteiger partial charge is 0.444 e. The van der Waals surface area contributed by atoms with Gasteiger partial charge in [0.2, 0.25) is 0 Å². The summed E-state index contributed by atoms with van der Waals surface area (Å²) in [6.07, 6.45) is 6.20. The van der Waals surface area contributed by atoms with Gasteiger partial charge in [0.25, 0.3) is 0 Å². The van der Waals surface area contributed by atoms with Crippen LogP contribution >= 0.6 is 0 Å². The standard InChI is InChI=1S/C28H35N7O3/c1-18-14-22-19(16-32(5)31-22)15-21(18)30-25(36)34-11-7-20-23(6-10-29-24(20)34)33-12-13-35(28(17-33)8-9-28)26(37)38-27(2,3)4/h6,10,14-16H,7-9,11-13,17H2,1-5H3,(H,30,36). The number of pyridine rings is 1. The molecule has 10 nitrogen and oxygen atoms in total. The van der Waals surface area contributed by atoms with Gasteiger partial charge in [0, 0.05) is 67.9 Å². The van der Waals surface area contributed by atoms with E-state index >= 15 is 0 Å². The van der Waals surface area contributed by atoms with E-state index in [2.05, 4.69) is 20.3 Å². The lowest BCUT2D eigenvalue weighted by molar-refractivity contribution is 0.0106. The summed E-state index contributed by atoms with van der Waals surface area (Å²) in [4.78, 5) is 36.9. The Kier molecular flexibility index (Phi) is 5.55. The van der Waals surface area contributed by atoms with Crippen molar-refractivity contribution in [2.75, 3.05) is 41.3 Å². The smallest absolute Gasteiger partial charge is 0.410 e. The molecule has 2 fully saturated rings. The lowest BCUT2D eigenvalue weighted by Gasteiger charge is -2.43. The number of nitrogens with one attached hydrogen (secondary N) is 1. The van der Waals surface area contributed by atoms with Gasteiger partial charge in [-0.2, -0.15) is 5.10 Å². The van der Waals surface area contributed by atoms with Crippen molar-refractivity contribution in [2.45, 2.75) is 58.1 Å². The van der Waals surface area contributed by atoms with Crippen LogP contribution in [0.15, 0.2) is 30.6 Å². The molecule has 1 saturated carbocycles. The lowest BCUT2D eigenvalue weighted by atomic mass is 10.1. The maximum Gasteiger partial charge on any atom is 0.410 e. The average Bonchev–Trinajstić information content (AvgIpc) is 3.29. The van der Waals surface area contributed by atoms with E-state index in [0.29, 0.717) is 25.5 Å². The number of carbonyl (C=O) groups excluding carboxylic acids is 2. The number of amides is 3. The second-order valence-electron chi connectivity index (χ2n) is 11.8. The number of nitrogens with zero attached hydrogens (tertiary/aromatic N) is 6. The fraction of sp³-hybridized carbons (Fsp3) is 0.500. The zero-order valence-corrected chi connectivity index (χ0v) is 22.7. The quantitative estimate of drug-likeness (QED) is 0.539. The third-order valence-corrected chi connectivity index (χ3v) is 7.73. The number of aromatic nitrogens is 3. The number of hydrogen-bond acceptors (Lipinski definition) is 6. The van der Waals surface area contributed by atoms with Crippen molar-refractivity contribution < 1.29 is 14.3 Å². The lowest BCUT2D eigenvalue weighted by Crippen LogP contribution is -2.58. The van der Waals surface area contributed by atoms with E-state index in [1.54, 1.807) is 15.8 Å². The van der Waals surface area contributed by atoms with Crippen LogP contribution in [0.2, 0.25) is 0 Å². The van der Waals surface area contributed by atoms with Crippen molar-refractivity contribution >= 4 is 40.2 Å². The summed E-state index contributed by atoms with van der Waals surface area (Å²) in [6, 6.07) is 5.81. The number of carbonyl (C=O) groups is 2. The zero-order chi connectivity index (χ0) is 26.8. The SMILES string of the molecule is Cc1cc2nn(C)cc2cc1NC(=O)N1CCc2c(N3CCN(C(=O)OC(C)(C)C)C4(CC4)C3)ccnc21. The first-order valence-electron chi connectivity index (χ1n) is 13.3. The molecule has 0 unspecified atom stereocenters. The Labute approximate surface area is 222 Å². The van der Waals surface area contributed by atoms with E-state index in [-0.39, 0.29) is 17.7 Å². The molecule has 1 spiro atoms. The Morgan fingerprint density at radius 1 is 1.13 bits per heavy atom. The maximum absolute atomic E-state index is 13.4. The number of piperazine rings is 1. The van der Waals surface area contributed by atoms with E-state index in [1.165, 1.54) is 0 Å². The summed E-state index contributed by atoms with van der Waals surface area (Å²) in [5, 5.41) is 8.52. The zero-order valence-electron chi connectivity index (χ0n) is 22.7. The van der Waals surface area contributed by atoms with Gasteiger partial charge in [0.15, 0.2) is 0 Å². The Morgan fingerprint density at radius 3 is 2.66 bits per heavy atom. The van der Waals surface area contributed by atoms with Gasteiger partial charge in [0.05, 0.1) is 11.1 Å². The fourth-order valence-corrected chi connectivity index (χ4v) is 5.74. The van der Waals surface area contributed by atoms with Gasteiger partial charge in [-0.3, -0.25) is 14.5 Å². The van der Waals surface area contributed by atoms with Crippen molar-refractivity contribution in [3.8, 4) is 0 Å². The highest BCUT2D eigenvalue weighted by Gasteiger charge is 2.54. The highest BCUT2D eigenvalue weighted by Crippen LogP contribution is 2.47. The van der Waals surface area contributed by atoms with Gasteiger partial charge in [-0.1, -0.05) is 0 Å². The summed E-state index contributed by atoms with van der Waals surface area (Å²) in [7, 11) is 1.89. The van der Waals surface area contributed by atoms with Crippen molar-refractivity contribution in [3.05, 3.63) is 41.7 Å². The predicted molar refractivity (Wildman–Crippen MR) is 147 cm³/mol. The van der Waals surface area contributed by atoms with Gasteiger partial charge >= 0.3 is 12.1 Å². The number of ether oxygens (including phenoxy) is 1. The van der Waals surface area contributed by atoms with E-state index < -0.39 is 5.60 Å². The molecule has 0 radical (unpaired) electrons. The third kappa shape index (κ3) is 4.31. The minimum Gasteiger partial charge on any atom is -0.444 e. The Hall–Kier alpha value is -3.82. The Morgan fingerprint density at radius 2 is 1.92 bits per heavy atom. The van der Waals surface area contributed by atoms with E-state index in [1.807, 2.05) is 64.0 Å². The van der Waals surface area contributed by atoms with Crippen LogP contribution in [0.4, 0.5) is 26.8 Å². The molecule has 38 heavy (non-hydrogen) atoms. The van der Waals surface area contributed by atoms with Gasteiger partial charge in [0.1, 0.15) is 11.4 Å². The van der Waals surface area contributed by atoms with Gasteiger partial charge in [-0.15, -0.1) is 0 Å². The summed E-state index contributed by atoms with van der Waals surface area (Å²) >= 11 is 0. The molecule has 0 atom stereocenters. The molecule has 200 valence electrons. The first kappa shape index (κ1) is 24.5. The number of anilines is 3. The molecule has 3 aromatic rings. The predicted octanol–water partition coefficient (Wildman–Crippen LogP) is 4.46. The summed E-state index contributed by atoms with van der Waals surface area (Å²) in [6.45, 7) is 10.4. The minimum atomic E-state index is -0.511. The molecule has 2 aromatic heterocycles. The van der Waals surface area contributed by atoms with Crippen LogP contribution in [-0.2, 0) is 18.2 Å². The molecule has 0 bridgehead atoms. The van der Waals surface area contributed by atoms with Crippen LogP contribution < -0.4 is 15.1 Å². The number of aryl methyl sites for hydroxylation is 2. The number of benzene rings is 1. The van der Waals surface area contributed by atoms with Crippen LogP contribution in [0.3, 0.4) is 0 Å². The first-order valence-corrected chi connectivity index (χ1v) is 13.3. The summed E-state index contributed by atoms with van der Waals surface area (Å²) in [5.41, 5.74) is 4.15. The summed E-state index contributed by atoms with van der Waals surface area (Å²) < 4.78 is 7.47. The van der Waals surface area contributed by atoms with Crippen molar-refractivity contribution in [3.63, 3.8) is 0 Å². The fourth-order valence-electron chi connectivity index (χ4n) is 5.74. The molecule has 1 N–H and O–H groups in total. The Balaban J connectivity index is 1.20. The van der Waals surface area contributed by atoms with E-state index in [9.17, 15) is 9.59 Å². The van der Waals surface area contributed by atoms with Crippen LogP contribution in [0, 0.1) is 6.92 Å². The van der Waals surface area contributed by atoms with Crippen LogP contribution in [0.1, 0.15) is 44.7 Å². The molecular formula is C28H35N7O3. The topological polar surface area (TPSA) is 95.8 Å². The molecular weight excluding hydrogens is 482 g/mol. The highest BCUT2D eigenvalue weighted by molar-refractivity contribution is 6.04. The van der Waals surface area contributed by atoms with Crippen molar-refractivity contribution in [1.82, 2.24) is 19.7 Å². The number of fused-ring (bicyclic) bond motifs is 2. The average molecular weight is 518 g/mol. The molecule has 4 heterocycles. The van der Waals surface area contributed by atoms with Gasteiger partial charge in [-0.05, 0) is 70.7 Å². The monoisotopic (exact) mass is 517 g/mol. The van der Waals surface area contributed by atoms with Crippen LogP contribution in [0.5, 0.6) is 0 Å². The molecule has 10 heteroatoms. The molecule has 1 aliphatic carbocycles. The molecule has 1 saturated heterocycles. The van der Waals surface area contributed by atoms with Crippen LogP contribution in [-0.4, -0.2) is 69.1 Å². The van der Waals surface area contributed by atoms with Gasteiger partial charge in [-0.25, -0.2) is 14.6 Å². The number of hydrogen-bond donors (Lipinski definition) is 1.